The summed E-state index contributed by atoms with van der Waals surface area (Å²) in [6.45, 7) is 10.8. The zero-order chi connectivity index (χ0) is 18.7. The molecule has 0 atom stereocenters. The number of hydrogen-bond donors (Lipinski definition) is 0. The van der Waals surface area contributed by atoms with Gasteiger partial charge in [0.15, 0.2) is 5.16 Å². The Hall–Kier alpha value is -1.86. The molecule has 140 valence electrons. The lowest BCUT2D eigenvalue weighted by Gasteiger charge is -2.28. The van der Waals surface area contributed by atoms with E-state index in [9.17, 15) is 4.79 Å². The van der Waals surface area contributed by atoms with E-state index in [0.29, 0.717) is 19.0 Å². The number of aryl methyl sites for hydroxylation is 1. The monoisotopic (exact) mass is 374 g/mol. The summed E-state index contributed by atoms with van der Waals surface area (Å²) >= 11 is 1.45. The number of carbonyl (C=O) groups excluding carboxylic acids is 1. The SMILES string of the molecule is Cc1cccc(-n2c(SCC(=O)C(C)(C)C)nnc2N2CCOCC2)c1. The van der Waals surface area contributed by atoms with E-state index in [2.05, 4.69) is 44.8 Å². The molecule has 1 saturated heterocycles. The molecule has 7 heteroatoms. The molecule has 0 saturated carbocycles. The van der Waals surface area contributed by atoms with Crippen molar-refractivity contribution in [2.75, 3.05) is 37.0 Å². The number of benzene rings is 1. The number of thioether (sulfide) groups is 1. The summed E-state index contributed by atoms with van der Waals surface area (Å²) in [7, 11) is 0. The molecule has 3 rings (SSSR count). The molecule has 1 aromatic heterocycles. The first-order valence-electron chi connectivity index (χ1n) is 8.87. The van der Waals surface area contributed by atoms with Crippen molar-refractivity contribution in [3.63, 3.8) is 0 Å². The number of carbonyl (C=O) groups is 1. The van der Waals surface area contributed by atoms with Gasteiger partial charge in [-0.05, 0) is 24.6 Å². The van der Waals surface area contributed by atoms with Crippen LogP contribution in [0.15, 0.2) is 29.4 Å². The van der Waals surface area contributed by atoms with Crippen LogP contribution in [-0.2, 0) is 9.53 Å². The summed E-state index contributed by atoms with van der Waals surface area (Å²) in [4.78, 5) is 14.5. The first kappa shape index (κ1) is 18.9. The number of ether oxygens (including phenoxy) is 1. The van der Waals surface area contributed by atoms with Crippen LogP contribution in [0, 0.1) is 12.3 Å². The largest absolute Gasteiger partial charge is 0.378 e. The quantitative estimate of drug-likeness (QED) is 0.750. The highest BCUT2D eigenvalue weighted by molar-refractivity contribution is 7.99. The summed E-state index contributed by atoms with van der Waals surface area (Å²) in [5.74, 6) is 1.40. The van der Waals surface area contributed by atoms with Crippen LogP contribution in [-0.4, -0.2) is 52.6 Å². The normalized spacial score (nSPS) is 15.3. The lowest BCUT2D eigenvalue weighted by atomic mass is 9.92. The van der Waals surface area contributed by atoms with Gasteiger partial charge in [0.1, 0.15) is 5.78 Å². The second-order valence-electron chi connectivity index (χ2n) is 7.52. The van der Waals surface area contributed by atoms with Crippen LogP contribution >= 0.6 is 11.8 Å². The molecule has 1 fully saturated rings. The molecule has 0 amide bonds. The molecule has 2 heterocycles. The number of ketones is 1. The topological polar surface area (TPSA) is 60.2 Å². The van der Waals surface area contributed by atoms with Gasteiger partial charge in [0.25, 0.3) is 0 Å². The molecule has 0 spiro atoms. The molecule has 1 aromatic carbocycles. The van der Waals surface area contributed by atoms with Crippen molar-refractivity contribution in [2.24, 2.45) is 5.41 Å². The molecule has 6 nitrogen and oxygen atoms in total. The Morgan fingerprint density at radius 2 is 1.96 bits per heavy atom. The highest BCUT2D eigenvalue weighted by atomic mass is 32.2. The molecule has 0 N–H and O–H groups in total. The van der Waals surface area contributed by atoms with Gasteiger partial charge in [0.2, 0.25) is 5.95 Å². The van der Waals surface area contributed by atoms with E-state index in [1.54, 1.807) is 0 Å². The van der Waals surface area contributed by atoms with E-state index in [4.69, 9.17) is 4.74 Å². The fraction of sp³-hybridized carbons (Fsp3) is 0.526. The third kappa shape index (κ3) is 4.27. The second-order valence-corrected chi connectivity index (χ2v) is 8.46. The smallest absolute Gasteiger partial charge is 0.232 e. The molecule has 0 aliphatic carbocycles. The van der Waals surface area contributed by atoms with Gasteiger partial charge in [-0.25, -0.2) is 0 Å². The third-order valence-corrected chi connectivity index (χ3v) is 5.27. The van der Waals surface area contributed by atoms with Gasteiger partial charge in [-0.2, -0.15) is 0 Å². The van der Waals surface area contributed by atoms with Gasteiger partial charge in [0, 0.05) is 18.5 Å². The Bertz CT molecular complexity index is 776. The Morgan fingerprint density at radius 3 is 2.62 bits per heavy atom. The van der Waals surface area contributed by atoms with E-state index in [-0.39, 0.29) is 11.2 Å². The summed E-state index contributed by atoms with van der Waals surface area (Å²) in [6.07, 6.45) is 0. The van der Waals surface area contributed by atoms with Gasteiger partial charge in [-0.3, -0.25) is 9.36 Å². The van der Waals surface area contributed by atoms with Crippen LogP contribution in [0.3, 0.4) is 0 Å². The zero-order valence-corrected chi connectivity index (χ0v) is 16.7. The Labute approximate surface area is 158 Å². The summed E-state index contributed by atoms with van der Waals surface area (Å²) in [5, 5.41) is 9.57. The van der Waals surface area contributed by atoms with Crippen molar-refractivity contribution in [3.8, 4) is 5.69 Å². The average molecular weight is 375 g/mol. The van der Waals surface area contributed by atoms with E-state index in [1.165, 1.54) is 17.3 Å². The fourth-order valence-electron chi connectivity index (χ4n) is 2.66. The molecular formula is C19H26N4O2S. The van der Waals surface area contributed by atoms with Crippen molar-refractivity contribution in [3.05, 3.63) is 29.8 Å². The molecule has 0 bridgehead atoms. The average Bonchev–Trinajstić information content (AvgIpc) is 3.03. The molecule has 26 heavy (non-hydrogen) atoms. The van der Waals surface area contributed by atoms with E-state index < -0.39 is 0 Å². The van der Waals surface area contributed by atoms with Gasteiger partial charge >= 0.3 is 0 Å². The number of morpholine rings is 1. The number of Topliss-reactive ketones (excluding diaryl/α,β-unsaturated/α-hetero) is 1. The second kappa shape index (κ2) is 7.80. The number of aromatic nitrogens is 3. The highest BCUT2D eigenvalue weighted by Gasteiger charge is 2.25. The van der Waals surface area contributed by atoms with Crippen molar-refractivity contribution in [1.82, 2.24) is 14.8 Å². The number of rotatable bonds is 5. The fourth-order valence-corrected chi connectivity index (χ4v) is 3.77. The predicted octanol–water partition coefficient (Wildman–Crippen LogP) is 3.12. The third-order valence-electron chi connectivity index (χ3n) is 4.34. The number of anilines is 1. The first-order valence-corrected chi connectivity index (χ1v) is 9.86. The predicted molar refractivity (Wildman–Crippen MR) is 104 cm³/mol. The lowest BCUT2D eigenvalue weighted by Crippen LogP contribution is -2.37. The molecule has 0 radical (unpaired) electrons. The van der Waals surface area contributed by atoms with Crippen molar-refractivity contribution in [2.45, 2.75) is 32.9 Å². The van der Waals surface area contributed by atoms with Crippen molar-refractivity contribution in [1.29, 1.82) is 0 Å². The highest BCUT2D eigenvalue weighted by Crippen LogP contribution is 2.29. The van der Waals surface area contributed by atoms with Crippen molar-refractivity contribution < 1.29 is 9.53 Å². The van der Waals surface area contributed by atoms with Crippen molar-refractivity contribution >= 4 is 23.5 Å². The van der Waals surface area contributed by atoms with Gasteiger partial charge in [-0.15, -0.1) is 10.2 Å². The molecule has 1 aliphatic heterocycles. The van der Waals surface area contributed by atoms with Crippen LogP contribution in [0.25, 0.3) is 5.69 Å². The standard InChI is InChI=1S/C19H26N4O2S/c1-14-6-5-7-15(12-14)23-17(22-8-10-25-11-9-22)20-21-18(23)26-13-16(24)19(2,3)4/h5-7,12H,8-11,13H2,1-4H3. The number of hydrogen-bond acceptors (Lipinski definition) is 6. The number of nitrogens with zero attached hydrogens (tertiary/aromatic N) is 4. The van der Waals surface area contributed by atoms with Crippen LogP contribution in [0.5, 0.6) is 0 Å². The zero-order valence-electron chi connectivity index (χ0n) is 15.9. The molecule has 1 aliphatic rings. The Kier molecular flexibility index (Phi) is 5.67. The minimum Gasteiger partial charge on any atom is -0.378 e. The summed E-state index contributed by atoms with van der Waals surface area (Å²) < 4.78 is 7.51. The first-order chi connectivity index (χ1) is 12.4. The van der Waals surface area contributed by atoms with Gasteiger partial charge < -0.3 is 9.64 Å². The van der Waals surface area contributed by atoms with Crippen LogP contribution in [0.4, 0.5) is 5.95 Å². The maximum atomic E-state index is 12.3. The summed E-state index contributed by atoms with van der Waals surface area (Å²) in [5.41, 5.74) is 1.84. The van der Waals surface area contributed by atoms with E-state index >= 15 is 0 Å². The minimum atomic E-state index is -0.353. The minimum absolute atomic E-state index is 0.203. The Balaban J connectivity index is 1.93. The van der Waals surface area contributed by atoms with Crippen LogP contribution in [0.1, 0.15) is 26.3 Å². The van der Waals surface area contributed by atoms with Crippen LogP contribution < -0.4 is 4.90 Å². The molecule has 2 aromatic rings. The van der Waals surface area contributed by atoms with E-state index in [0.717, 1.165) is 29.9 Å². The van der Waals surface area contributed by atoms with E-state index in [1.807, 2.05) is 26.8 Å². The van der Waals surface area contributed by atoms with Gasteiger partial charge in [-0.1, -0.05) is 44.7 Å². The maximum Gasteiger partial charge on any atom is 0.232 e. The maximum absolute atomic E-state index is 12.3. The lowest BCUT2D eigenvalue weighted by molar-refractivity contribution is -0.123. The molecule has 0 unspecified atom stereocenters. The Morgan fingerprint density at radius 1 is 1.23 bits per heavy atom. The van der Waals surface area contributed by atoms with Gasteiger partial charge in [0.05, 0.1) is 24.7 Å². The van der Waals surface area contributed by atoms with Crippen LogP contribution in [0.2, 0.25) is 0 Å². The summed E-state index contributed by atoms with van der Waals surface area (Å²) in [6, 6.07) is 8.26. The molecular weight excluding hydrogens is 348 g/mol.